The third-order valence-electron chi connectivity index (χ3n) is 3.28. The van der Waals surface area contributed by atoms with Crippen LogP contribution >= 0.6 is 31.9 Å². The van der Waals surface area contributed by atoms with Gasteiger partial charge in [-0.25, -0.2) is 12.8 Å². The Bertz CT molecular complexity index is 579. The molecule has 1 aliphatic heterocycles. The zero-order valence-electron chi connectivity index (χ0n) is 10.3. The summed E-state index contributed by atoms with van der Waals surface area (Å²) in [6.45, 7) is 2.81. The number of alkyl halides is 1. The van der Waals surface area contributed by atoms with Crippen molar-refractivity contribution >= 4 is 41.9 Å². The van der Waals surface area contributed by atoms with Crippen LogP contribution in [0.4, 0.5) is 4.39 Å². The highest BCUT2D eigenvalue weighted by Crippen LogP contribution is 2.29. The first-order valence-electron chi connectivity index (χ1n) is 5.91. The second-order valence-corrected chi connectivity index (χ2v) is 8.72. The lowest BCUT2D eigenvalue weighted by atomic mass is 10.0. The molecule has 1 aliphatic rings. The molecular weight excluding hydrogens is 401 g/mol. The SMILES string of the molecule is CC1CN(S(=O)(=O)c2ccc(Br)cc2F)CCC1Br. The van der Waals surface area contributed by atoms with Crippen molar-refractivity contribution in [2.75, 3.05) is 13.1 Å². The fourth-order valence-corrected chi connectivity index (χ4v) is 4.43. The van der Waals surface area contributed by atoms with Gasteiger partial charge in [-0.1, -0.05) is 38.8 Å². The van der Waals surface area contributed by atoms with Gasteiger partial charge in [0.05, 0.1) is 0 Å². The Balaban J connectivity index is 2.32. The fraction of sp³-hybridized carbons (Fsp3) is 0.500. The van der Waals surface area contributed by atoms with Crippen molar-refractivity contribution in [1.82, 2.24) is 4.31 Å². The maximum absolute atomic E-state index is 13.8. The van der Waals surface area contributed by atoms with Gasteiger partial charge in [0.2, 0.25) is 10.0 Å². The zero-order chi connectivity index (χ0) is 14.2. The molecule has 0 saturated carbocycles. The van der Waals surface area contributed by atoms with E-state index in [1.54, 1.807) is 0 Å². The first kappa shape index (κ1) is 15.4. The van der Waals surface area contributed by atoms with E-state index >= 15 is 0 Å². The van der Waals surface area contributed by atoms with E-state index in [-0.39, 0.29) is 10.8 Å². The van der Waals surface area contributed by atoms with Crippen molar-refractivity contribution in [3.63, 3.8) is 0 Å². The van der Waals surface area contributed by atoms with Crippen molar-refractivity contribution < 1.29 is 12.8 Å². The molecule has 1 aromatic carbocycles. The Morgan fingerprint density at radius 2 is 2.11 bits per heavy atom. The number of rotatable bonds is 2. The lowest BCUT2D eigenvalue weighted by Gasteiger charge is -2.33. The highest BCUT2D eigenvalue weighted by atomic mass is 79.9. The van der Waals surface area contributed by atoms with Gasteiger partial charge in [0.1, 0.15) is 10.7 Å². The molecule has 2 unspecified atom stereocenters. The summed E-state index contributed by atoms with van der Waals surface area (Å²) < 4.78 is 40.6. The smallest absolute Gasteiger partial charge is 0.207 e. The molecule has 19 heavy (non-hydrogen) atoms. The van der Waals surface area contributed by atoms with E-state index in [9.17, 15) is 12.8 Å². The Hall–Kier alpha value is 0.0200. The molecule has 1 heterocycles. The molecule has 0 amide bonds. The molecule has 1 saturated heterocycles. The molecule has 0 radical (unpaired) electrons. The molecule has 2 atom stereocenters. The number of sulfonamides is 1. The minimum Gasteiger partial charge on any atom is -0.207 e. The fourth-order valence-electron chi connectivity index (χ4n) is 2.12. The topological polar surface area (TPSA) is 37.4 Å². The van der Waals surface area contributed by atoms with Crippen LogP contribution in [0, 0.1) is 11.7 Å². The van der Waals surface area contributed by atoms with E-state index < -0.39 is 15.8 Å². The Morgan fingerprint density at radius 1 is 1.42 bits per heavy atom. The second-order valence-electron chi connectivity index (χ2n) is 4.72. The minimum atomic E-state index is -3.75. The Labute approximate surface area is 129 Å². The molecule has 3 nitrogen and oxygen atoms in total. The molecule has 0 bridgehead atoms. The molecule has 0 spiro atoms. The third kappa shape index (κ3) is 3.20. The van der Waals surface area contributed by atoms with Crippen LogP contribution < -0.4 is 0 Å². The average molecular weight is 415 g/mol. The largest absolute Gasteiger partial charge is 0.245 e. The summed E-state index contributed by atoms with van der Waals surface area (Å²) in [6, 6.07) is 4.02. The summed E-state index contributed by atoms with van der Waals surface area (Å²) in [5, 5.41) is 0. The molecule has 0 aliphatic carbocycles. The zero-order valence-corrected chi connectivity index (χ0v) is 14.3. The van der Waals surface area contributed by atoms with Crippen molar-refractivity contribution in [2.45, 2.75) is 23.1 Å². The monoisotopic (exact) mass is 413 g/mol. The van der Waals surface area contributed by atoms with Crippen molar-refractivity contribution in [3.8, 4) is 0 Å². The summed E-state index contributed by atoms with van der Waals surface area (Å²) in [5.41, 5.74) is 0. The predicted octanol–water partition coefficient (Wildman–Crippen LogP) is 3.38. The predicted molar refractivity (Wildman–Crippen MR) is 79.4 cm³/mol. The van der Waals surface area contributed by atoms with Gasteiger partial charge in [0.15, 0.2) is 0 Å². The van der Waals surface area contributed by atoms with Crippen LogP contribution in [-0.4, -0.2) is 30.6 Å². The van der Waals surface area contributed by atoms with E-state index in [0.29, 0.717) is 22.4 Å². The molecule has 0 N–H and O–H groups in total. The summed E-state index contributed by atoms with van der Waals surface area (Å²) in [4.78, 5) is 0.0598. The van der Waals surface area contributed by atoms with Crippen LogP contribution in [0.2, 0.25) is 0 Å². The van der Waals surface area contributed by atoms with E-state index in [1.807, 2.05) is 6.92 Å². The Kier molecular flexibility index (Phi) is 4.70. The van der Waals surface area contributed by atoms with Gasteiger partial charge in [-0.15, -0.1) is 0 Å². The standard InChI is InChI=1S/C12H14Br2FNO2S/c1-8-7-16(5-4-10(8)14)19(17,18)12-3-2-9(13)6-11(12)15/h2-3,6,8,10H,4-5,7H2,1H3. The summed E-state index contributed by atoms with van der Waals surface area (Å²) in [7, 11) is -3.75. The second kappa shape index (κ2) is 5.79. The van der Waals surface area contributed by atoms with Crippen LogP contribution in [0.1, 0.15) is 13.3 Å². The highest BCUT2D eigenvalue weighted by Gasteiger charge is 2.33. The van der Waals surface area contributed by atoms with E-state index in [0.717, 1.165) is 6.42 Å². The molecule has 1 fully saturated rings. The van der Waals surface area contributed by atoms with E-state index in [1.165, 1.54) is 22.5 Å². The third-order valence-corrected chi connectivity index (χ3v) is 7.03. The van der Waals surface area contributed by atoms with Crippen LogP contribution in [0.3, 0.4) is 0 Å². The summed E-state index contributed by atoms with van der Waals surface area (Å²) >= 11 is 6.65. The van der Waals surface area contributed by atoms with Gasteiger partial charge in [-0.2, -0.15) is 4.31 Å². The van der Waals surface area contributed by atoms with Gasteiger partial charge in [-0.3, -0.25) is 0 Å². The number of halogens is 3. The molecule has 2 rings (SSSR count). The molecular formula is C12H14Br2FNO2S. The van der Waals surface area contributed by atoms with Crippen LogP contribution in [0.15, 0.2) is 27.6 Å². The molecule has 7 heteroatoms. The van der Waals surface area contributed by atoms with Gasteiger partial charge >= 0.3 is 0 Å². The molecule has 0 aromatic heterocycles. The maximum atomic E-state index is 13.8. The quantitative estimate of drug-likeness (QED) is 0.695. The number of hydrogen-bond acceptors (Lipinski definition) is 2. The number of piperidine rings is 1. The first-order chi connectivity index (χ1) is 8.82. The lowest BCUT2D eigenvalue weighted by molar-refractivity contribution is 0.291. The van der Waals surface area contributed by atoms with Crippen molar-refractivity contribution in [3.05, 3.63) is 28.5 Å². The Morgan fingerprint density at radius 3 is 2.68 bits per heavy atom. The van der Waals surface area contributed by atoms with Gasteiger partial charge in [0, 0.05) is 22.4 Å². The number of nitrogens with zero attached hydrogens (tertiary/aromatic N) is 1. The minimum absolute atomic E-state index is 0.210. The van der Waals surface area contributed by atoms with Crippen LogP contribution in [-0.2, 0) is 10.0 Å². The normalized spacial score (nSPS) is 25.5. The molecule has 1 aromatic rings. The van der Waals surface area contributed by atoms with Crippen LogP contribution in [0.25, 0.3) is 0 Å². The highest BCUT2D eigenvalue weighted by molar-refractivity contribution is 9.10. The van der Waals surface area contributed by atoms with E-state index in [2.05, 4.69) is 31.9 Å². The van der Waals surface area contributed by atoms with Crippen LogP contribution in [0.5, 0.6) is 0 Å². The summed E-state index contributed by atoms with van der Waals surface area (Å²) in [6.07, 6.45) is 0.735. The average Bonchev–Trinajstić information content (AvgIpc) is 2.32. The maximum Gasteiger partial charge on any atom is 0.245 e. The molecule has 106 valence electrons. The van der Waals surface area contributed by atoms with Gasteiger partial charge in [-0.05, 0) is 30.5 Å². The van der Waals surface area contributed by atoms with Crippen molar-refractivity contribution in [2.24, 2.45) is 5.92 Å². The number of benzene rings is 1. The van der Waals surface area contributed by atoms with Crippen molar-refractivity contribution in [1.29, 1.82) is 0 Å². The lowest BCUT2D eigenvalue weighted by Crippen LogP contribution is -2.43. The van der Waals surface area contributed by atoms with Gasteiger partial charge < -0.3 is 0 Å². The number of hydrogen-bond donors (Lipinski definition) is 0. The van der Waals surface area contributed by atoms with E-state index in [4.69, 9.17) is 0 Å². The summed E-state index contributed by atoms with van der Waals surface area (Å²) in [5.74, 6) is -0.509. The van der Waals surface area contributed by atoms with Gasteiger partial charge in [0.25, 0.3) is 0 Å². The first-order valence-corrected chi connectivity index (χ1v) is 9.06.